The maximum atomic E-state index is 12.7. The van der Waals surface area contributed by atoms with E-state index in [1.54, 1.807) is 11.6 Å². The number of carbonyl (C=O) groups excluding carboxylic acids is 1. The largest absolute Gasteiger partial charge is 0.292 e. The lowest BCUT2D eigenvalue weighted by atomic mass is 9.85. The van der Waals surface area contributed by atoms with E-state index >= 15 is 0 Å². The van der Waals surface area contributed by atoms with E-state index in [1.807, 2.05) is 12.3 Å². The second-order valence-corrected chi connectivity index (χ2v) is 22.9. The molecule has 1 fully saturated rings. The fourth-order valence-electron chi connectivity index (χ4n) is 2.82. The van der Waals surface area contributed by atoms with Gasteiger partial charge < -0.3 is 0 Å². The van der Waals surface area contributed by atoms with E-state index in [-0.39, 0.29) is 14.1 Å². The minimum absolute atomic E-state index is 0.152. The fourth-order valence-corrected chi connectivity index (χ4v) is 7.50. The highest BCUT2D eigenvalue weighted by Crippen LogP contribution is 2.65. The number of hydrogen-bond acceptors (Lipinski definition) is 4. The SMILES string of the molecule is O=C(c1ncnc2c1ccn2SP(I)I)C1CCCCC1. The van der Waals surface area contributed by atoms with Crippen LogP contribution < -0.4 is 0 Å². The van der Waals surface area contributed by atoms with Crippen LogP contribution in [0, 0.1) is 5.92 Å². The van der Waals surface area contributed by atoms with E-state index in [4.69, 9.17) is 0 Å². The zero-order valence-corrected chi connectivity index (χ0v) is 17.2. The first-order valence-corrected chi connectivity index (χ1v) is 15.1. The number of rotatable bonds is 4. The van der Waals surface area contributed by atoms with Crippen LogP contribution in [0.25, 0.3) is 11.0 Å². The van der Waals surface area contributed by atoms with Crippen molar-refractivity contribution in [3.05, 3.63) is 24.3 Å². The van der Waals surface area contributed by atoms with E-state index in [0.717, 1.165) is 36.7 Å². The summed E-state index contributed by atoms with van der Waals surface area (Å²) in [6.45, 7) is 0. The minimum atomic E-state index is -0.187. The second-order valence-electron chi connectivity index (χ2n) is 5.08. The molecule has 0 unspecified atom stereocenters. The molecular weight excluding hydrogens is 531 g/mol. The summed E-state index contributed by atoms with van der Waals surface area (Å²) >= 11 is 6.58. The molecule has 0 aliphatic heterocycles. The average Bonchev–Trinajstić information content (AvgIpc) is 2.90. The lowest BCUT2D eigenvalue weighted by molar-refractivity contribution is 0.0886. The molecular formula is C13H14I2N3OPS. The Morgan fingerprint density at radius 3 is 2.76 bits per heavy atom. The molecule has 2 aromatic rings. The van der Waals surface area contributed by atoms with Crippen molar-refractivity contribution in [3.63, 3.8) is 0 Å². The second kappa shape index (κ2) is 7.40. The summed E-state index contributed by atoms with van der Waals surface area (Å²) in [5.41, 5.74) is 1.47. The van der Waals surface area contributed by atoms with Gasteiger partial charge in [-0.1, -0.05) is 19.3 Å². The Bertz CT molecular complexity index is 658. The van der Waals surface area contributed by atoms with Gasteiger partial charge in [-0.15, -0.1) is 0 Å². The van der Waals surface area contributed by atoms with Gasteiger partial charge in [-0.3, -0.25) is 8.77 Å². The molecule has 0 radical (unpaired) electrons. The van der Waals surface area contributed by atoms with Crippen LogP contribution in [0.15, 0.2) is 18.6 Å². The number of hydrogen-bond donors (Lipinski definition) is 0. The predicted octanol–water partition coefficient (Wildman–Crippen LogP) is 5.79. The van der Waals surface area contributed by atoms with Crippen molar-refractivity contribution in [1.29, 1.82) is 0 Å². The smallest absolute Gasteiger partial charge is 0.185 e. The van der Waals surface area contributed by atoms with Crippen LogP contribution in [0.5, 0.6) is 0 Å². The van der Waals surface area contributed by atoms with Gasteiger partial charge in [-0.05, 0) is 63.0 Å². The summed E-state index contributed by atoms with van der Waals surface area (Å²) in [5.74, 6) is 0.357. The number of aromatic nitrogens is 3. The van der Waals surface area contributed by atoms with E-state index in [1.165, 1.54) is 12.7 Å². The maximum absolute atomic E-state index is 12.7. The summed E-state index contributed by atoms with van der Waals surface area (Å²) < 4.78 is 1.87. The van der Waals surface area contributed by atoms with Gasteiger partial charge >= 0.3 is 0 Å². The lowest BCUT2D eigenvalue weighted by Crippen LogP contribution is -2.19. The normalized spacial score (nSPS) is 16.7. The van der Waals surface area contributed by atoms with Crippen LogP contribution in [0.3, 0.4) is 0 Å². The highest BCUT2D eigenvalue weighted by atomic mass is 127. The van der Waals surface area contributed by atoms with Crippen LogP contribution in [0.2, 0.25) is 0 Å². The van der Waals surface area contributed by atoms with Crippen LogP contribution >= 0.6 is 58.1 Å². The average molecular weight is 545 g/mol. The third-order valence-electron chi connectivity index (χ3n) is 3.81. The molecule has 3 rings (SSSR count). The molecule has 0 aromatic carbocycles. The zero-order chi connectivity index (χ0) is 14.8. The van der Waals surface area contributed by atoms with Crippen LogP contribution in [0.4, 0.5) is 0 Å². The molecule has 2 aromatic heterocycles. The number of nitrogens with zero attached hydrogens (tertiary/aromatic N) is 3. The van der Waals surface area contributed by atoms with E-state index < -0.39 is 0 Å². The molecule has 8 heteroatoms. The molecule has 21 heavy (non-hydrogen) atoms. The first-order valence-electron chi connectivity index (χ1n) is 6.83. The maximum Gasteiger partial charge on any atom is 0.185 e. The summed E-state index contributed by atoms with van der Waals surface area (Å²) in [6.07, 6.45) is 9.11. The van der Waals surface area contributed by atoms with Gasteiger partial charge in [0.05, 0.1) is 0 Å². The van der Waals surface area contributed by atoms with Gasteiger partial charge in [0.2, 0.25) is 0 Å². The van der Waals surface area contributed by atoms with Crippen molar-refractivity contribution in [2.24, 2.45) is 5.92 Å². The molecule has 0 atom stereocenters. The van der Waals surface area contributed by atoms with Crippen molar-refractivity contribution in [2.75, 3.05) is 0 Å². The molecule has 1 aliphatic rings. The Kier molecular flexibility index (Phi) is 5.78. The first kappa shape index (κ1) is 16.4. The molecule has 4 nitrogen and oxygen atoms in total. The molecule has 1 aliphatic carbocycles. The molecule has 0 bridgehead atoms. The Balaban J connectivity index is 1.95. The topological polar surface area (TPSA) is 47.8 Å². The summed E-state index contributed by atoms with van der Waals surface area (Å²) in [6, 6.07) is 1.98. The molecule has 2 heterocycles. The van der Waals surface area contributed by atoms with Crippen LogP contribution in [0.1, 0.15) is 42.6 Å². The zero-order valence-electron chi connectivity index (χ0n) is 11.2. The molecule has 0 N–H and O–H groups in total. The monoisotopic (exact) mass is 545 g/mol. The number of carbonyl (C=O) groups is 1. The predicted molar refractivity (Wildman–Crippen MR) is 106 cm³/mol. The van der Waals surface area contributed by atoms with Gasteiger partial charge in [0.1, 0.15) is 14.4 Å². The standard InChI is InChI=1S/C13H14I2N3OPS/c14-20(15)21-18-7-6-10-11(16-8-17-13(10)18)12(19)9-4-2-1-3-5-9/h6-9H,1-5H2. The van der Waals surface area contributed by atoms with E-state index in [9.17, 15) is 4.79 Å². The van der Waals surface area contributed by atoms with Crippen molar-refractivity contribution in [3.8, 4) is 0 Å². The Morgan fingerprint density at radius 1 is 1.29 bits per heavy atom. The highest BCUT2D eigenvalue weighted by molar-refractivity contribution is 14.3. The lowest BCUT2D eigenvalue weighted by Gasteiger charge is -2.19. The highest BCUT2D eigenvalue weighted by Gasteiger charge is 2.25. The van der Waals surface area contributed by atoms with Crippen molar-refractivity contribution >= 4 is 74.9 Å². The van der Waals surface area contributed by atoms with Crippen molar-refractivity contribution in [1.82, 2.24) is 13.9 Å². The third kappa shape index (κ3) is 3.72. The first-order chi connectivity index (χ1) is 10.2. The van der Waals surface area contributed by atoms with Crippen molar-refractivity contribution in [2.45, 2.75) is 32.1 Å². The van der Waals surface area contributed by atoms with Gasteiger partial charge in [0.25, 0.3) is 0 Å². The molecule has 0 saturated heterocycles. The molecule has 0 amide bonds. The van der Waals surface area contributed by atoms with Crippen LogP contribution in [-0.4, -0.2) is 19.7 Å². The third-order valence-corrected chi connectivity index (χ3v) is 8.47. The Labute approximate surface area is 154 Å². The number of Topliss-reactive ketones (excluding diaryl/α,β-unsaturated/α-hetero) is 1. The summed E-state index contributed by atoms with van der Waals surface area (Å²) in [4.78, 5) is 21.4. The van der Waals surface area contributed by atoms with Crippen LogP contribution in [-0.2, 0) is 0 Å². The molecule has 1 saturated carbocycles. The Morgan fingerprint density at radius 2 is 2.05 bits per heavy atom. The molecule has 112 valence electrons. The van der Waals surface area contributed by atoms with Gasteiger partial charge in [0.15, 0.2) is 11.4 Å². The number of fused-ring (bicyclic) bond motifs is 1. The minimum Gasteiger partial charge on any atom is -0.292 e. The number of halogens is 2. The number of ketones is 1. The molecule has 0 spiro atoms. The van der Waals surface area contributed by atoms with Gasteiger partial charge in [0, 0.05) is 29.1 Å². The fraction of sp³-hybridized carbons (Fsp3) is 0.462. The Hall–Kier alpha value is 0.530. The summed E-state index contributed by atoms with van der Waals surface area (Å²) in [7, 11) is 0. The van der Waals surface area contributed by atoms with Crippen molar-refractivity contribution < 1.29 is 4.79 Å². The quantitative estimate of drug-likeness (QED) is 0.278. The van der Waals surface area contributed by atoms with E-state index in [0.29, 0.717) is 5.69 Å². The summed E-state index contributed by atoms with van der Waals surface area (Å²) in [5, 5.41) is 0.894. The van der Waals surface area contributed by atoms with E-state index in [2.05, 4.69) is 58.0 Å². The van der Waals surface area contributed by atoms with Gasteiger partial charge in [-0.25, -0.2) is 9.97 Å². The van der Waals surface area contributed by atoms with Gasteiger partial charge in [-0.2, -0.15) is 0 Å².